The number of hydrogen-bond donors (Lipinski definition) is 1. The number of aromatic hydroxyl groups is 1. The van der Waals surface area contributed by atoms with Crippen molar-refractivity contribution in [3.63, 3.8) is 0 Å². The Kier molecular flexibility index (Phi) is 4.66. The summed E-state index contributed by atoms with van der Waals surface area (Å²) in [5.74, 6) is -0.261. The Balaban J connectivity index is 0.00000121. The van der Waals surface area contributed by atoms with Crippen molar-refractivity contribution in [2.24, 2.45) is 0 Å². The molecule has 0 amide bonds. The van der Waals surface area contributed by atoms with E-state index in [-0.39, 0.29) is 28.1 Å². The maximum Gasteiger partial charge on any atom is 0.337 e. The van der Waals surface area contributed by atoms with Gasteiger partial charge in [0.05, 0.1) is 12.7 Å². The van der Waals surface area contributed by atoms with Crippen molar-refractivity contribution >= 4 is 5.97 Å². The molecule has 0 atom stereocenters. The van der Waals surface area contributed by atoms with E-state index in [1.54, 1.807) is 0 Å². The van der Waals surface area contributed by atoms with Crippen LogP contribution in [0.1, 0.15) is 10.4 Å². The molecule has 0 bridgehead atoms. The first-order chi connectivity index (χ1) is 5.24. The summed E-state index contributed by atoms with van der Waals surface area (Å²) in [5, 5.41) is 8.86. The van der Waals surface area contributed by atoms with Gasteiger partial charge in [-0.1, -0.05) is 0 Å². The zero-order chi connectivity index (χ0) is 8.27. The predicted molar refractivity (Wildman–Crippen MR) is 39.4 cm³/mol. The van der Waals surface area contributed by atoms with Crippen molar-refractivity contribution in [2.45, 2.75) is 0 Å². The first-order valence-electron chi connectivity index (χ1n) is 3.11. The minimum Gasteiger partial charge on any atom is -0.508 e. The van der Waals surface area contributed by atoms with E-state index in [4.69, 9.17) is 5.11 Å². The molecule has 12 heavy (non-hydrogen) atoms. The quantitative estimate of drug-likeness (QED) is 0.609. The molecule has 69 valence electrons. The first-order valence-corrected chi connectivity index (χ1v) is 3.11. The van der Waals surface area contributed by atoms with Crippen LogP contribution in [-0.4, -0.2) is 18.2 Å². The summed E-state index contributed by atoms with van der Waals surface area (Å²) >= 11 is 0. The fourth-order valence-electron chi connectivity index (χ4n) is 0.715. The summed E-state index contributed by atoms with van der Waals surface area (Å²) in [7, 11) is 1.31. The average Bonchev–Trinajstić information content (AvgIpc) is 2.05. The second kappa shape index (κ2) is 4.98. The van der Waals surface area contributed by atoms with Gasteiger partial charge in [0.25, 0.3) is 0 Å². The largest absolute Gasteiger partial charge is 0.508 e. The number of phenols is 1. The van der Waals surface area contributed by atoms with Gasteiger partial charge in [-0.05, 0) is 24.3 Å². The van der Waals surface area contributed by atoms with Gasteiger partial charge in [0.2, 0.25) is 0 Å². The van der Waals surface area contributed by atoms with Gasteiger partial charge in [0.1, 0.15) is 5.75 Å². The van der Waals surface area contributed by atoms with Crippen LogP contribution < -0.4 is 0 Å². The molecule has 4 heteroatoms. The molecule has 0 unspecified atom stereocenters. The van der Waals surface area contributed by atoms with E-state index in [0.717, 1.165) is 0 Å². The Labute approximate surface area is 85.9 Å². The summed E-state index contributed by atoms with van der Waals surface area (Å²) in [6, 6.07) is 5.88. The number of benzene rings is 1. The van der Waals surface area contributed by atoms with Crippen LogP contribution in [-0.2, 0) is 27.1 Å². The van der Waals surface area contributed by atoms with Gasteiger partial charge < -0.3 is 9.84 Å². The van der Waals surface area contributed by atoms with Crippen molar-refractivity contribution in [3.05, 3.63) is 29.8 Å². The molecule has 0 fully saturated rings. The van der Waals surface area contributed by atoms with Crippen molar-refractivity contribution in [1.82, 2.24) is 0 Å². The van der Waals surface area contributed by atoms with Crippen LogP contribution in [0.2, 0.25) is 0 Å². The van der Waals surface area contributed by atoms with Crippen LogP contribution in [0.15, 0.2) is 24.3 Å². The van der Waals surface area contributed by atoms with E-state index in [9.17, 15) is 4.79 Å². The molecule has 1 radical (unpaired) electrons. The molecule has 1 aromatic carbocycles. The SMILES string of the molecule is COC(=O)c1ccc(O)cc1.[Ag]. The minimum atomic E-state index is -0.398. The second-order valence-electron chi connectivity index (χ2n) is 2.04. The van der Waals surface area contributed by atoms with Gasteiger partial charge in [-0.2, -0.15) is 0 Å². The number of phenolic OH excluding ortho intramolecular Hbond substituents is 1. The standard InChI is InChI=1S/C8H8O3.Ag/c1-11-8(10)6-2-4-7(9)5-3-6;/h2-5,9H,1H3;. The number of esters is 1. The van der Waals surface area contributed by atoms with E-state index in [1.165, 1.54) is 31.4 Å². The molecule has 3 nitrogen and oxygen atoms in total. The Morgan fingerprint density at radius 3 is 2.25 bits per heavy atom. The van der Waals surface area contributed by atoms with Crippen molar-refractivity contribution < 1.29 is 37.0 Å². The molecule has 0 saturated heterocycles. The van der Waals surface area contributed by atoms with Crippen LogP contribution in [0, 0.1) is 0 Å². The Bertz CT molecular complexity index is 256. The fourth-order valence-corrected chi connectivity index (χ4v) is 0.715. The third kappa shape index (κ3) is 2.70. The van der Waals surface area contributed by atoms with Gasteiger partial charge in [-0.3, -0.25) is 0 Å². The van der Waals surface area contributed by atoms with Gasteiger partial charge in [-0.15, -0.1) is 0 Å². The van der Waals surface area contributed by atoms with E-state index in [1.807, 2.05) is 0 Å². The minimum absolute atomic E-state index is 0. The molecule has 0 aliphatic carbocycles. The summed E-state index contributed by atoms with van der Waals surface area (Å²) in [6.07, 6.45) is 0. The Morgan fingerprint density at radius 2 is 1.83 bits per heavy atom. The monoisotopic (exact) mass is 259 g/mol. The van der Waals surface area contributed by atoms with Gasteiger partial charge >= 0.3 is 5.97 Å². The zero-order valence-electron chi connectivity index (χ0n) is 6.37. The maximum absolute atomic E-state index is 10.8. The van der Waals surface area contributed by atoms with Gasteiger partial charge in [0.15, 0.2) is 0 Å². The molecule has 0 aliphatic heterocycles. The molecule has 0 aromatic heterocycles. The molecule has 1 aromatic rings. The molecule has 0 spiro atoms. The van der Waals surface area contributed by atoms with E-state index in [0.29, 0.717) is 5.56 Å². The normalized spacial score (nSPS) is 8.42. The number of methoxy groups -OCH3 is 1. The predicted octanol–water partition coefficient (Wildman–Crippen LogP) is 1.18. The third-order valence-electron chi connectivity index (χ3n) is 1.29. The van der Waals surface area contributed by atoms with Gasteiger partial charge in [-0.25, -0.2) is 4.79 Å². The van der Waals surface area contributed by atoms with Crippen molar-refractivity contribution in [1.29, 1.82) is 0 Å². The van der Waals surface area contributed by atoms with Gasteiger partial charge in [0, 0.05) is 22.4 Å². The maximum atomic E-state index is 10.8. The number of rotatable bonds is 1. The van der Waals surface area contributed by atoms with Crippen LogP contribution in [0.5, 0.6) is 5.75 Å². The molecule has 1 N–H and O–H groups in total. The number of carbonyl (C=O) groups is 1. The molecular formula is C8H8AgO3. The number of ether oxygens (including phenoxy) is 1. The van der Waals surface area contributed by atoms with Crippen molar-refractivity contribution in [3.8, 4) is 5.75 Å². The smallest absolute Gasteiger partial charge is 0.337 e. The van der Waals surface area contributed by atoms with E-state index >= 15 is 0 Å². The molecule has 0 heterocycles. The van der Waals surface area contributed by atoms with E-state index in [2.05, 4.69) is 4.74 Å². The summed E-state index contributed by atoms with van der Waals surface area (Å²) in [4.78, 5) is 10.8. The summed E-state index contributed by atoms with van der Waals surface area (Å²) in [6.45, 7) is 0. The van der Waals surface area contributed by atoms with Crippen LogP contribution in [0.4, 0.5) is 0 Å². The van der Waals surface area contributed by atoms with Crippen LogP contribution in [0.3, 0.4) is 0 Å². The average molecular weight is 260 g/mol. The molecular weight excluding hydrogens is 252 g/mol. The fraction of sp³-hybridized carbons (Fsp3) is 0.125. The molecule has 0 aliphatic rings. The number of carbonyl (C=O) groups excluding carboxylic acids is 1. The summed E-state index contributed by atoms with van der Waals surface area (Å²) < 4.78 is 4.46. The topological polar surface area (TPSA) is 46.5 Å². The van der Waals surface area contributed by atoms with Crippen molar-refractivity contribution in [2.75, 3.05) is 7.11 Å². The third-order valence-corrected chi connectivity index (χ3v) is 1.29. The summed E-state index contributed by atoms with van der Waals surface area (Å²) in [5.41, 5.74) is 0.435. The Morgan fingerprint density at radius 1 is 1.33 bits per heavy atom. The first kappa shape index (κ1) is 11.2. The molecule has 0 saturated carbocycles. The Hall–Kier alpha value is -0.770. The van der Waals surface area contributed by atoms with Crippen LogP contribution in [0.25, 0.3) is 0 Å². The second-order valence-corrected chi connectivity index (χ2v) is 2.04. The zero-order valence-corrected chi connectivity index (χ0v) is 7.86. The van der Waals surface area contributed by atoms with Crippen LogP contribution >= 0.6 is 0 Å². The van der Waals surface area contributed by atoms with E-state index < -0.39 is 5.97 Å². The molecule has 1 rings (SSSR count). The number of hydrogen-bond acceptors (Lipinski definition) is 3.